The summed E-state index contributed by atoms with van der Waals surface area (Å²) in [5, 5.41) is 4.26. The molecule has 0 saturated carbocycles. The molecule has 1 aliphatic heterocycles. The van der Waals surface area contributed by atoms with Gasteiger partial charge in [-0.15, -0.1) is 0 Å². The van der Waals surface area contributed by atoms with Crippen LogP contribution in [0.4, 0.5) is 0 Å². The van der Waals surface area contributed by atoms with E-state index in [1.807, 2.05) is 49.5 Å². The number of nitrogens with one attached hydrogen (secondary N) is 2. The van der Waals surface area contributed by atoms with E-state index in [0.29, 0.717) is 38.2 Å². The Labute approximate surface area is 213 Å². The number of nitrogens with zero attached hydrogens (tertiary/aromatic N) is 1. The van der Waals surface area contributed by atoms with Gasteiger partial charge in [0.15, 0.2) is 0 Å². The molecule has 1 aliphatic rings. The number of carbonyl (C=O) groups excluding carboxylic acids is 1. The van der Waals surface area contributed by atoms with Crippen molar-refractivity contribution in [1.82, 2.24) is 14.6 Å². The summed E-state index contributed by atoms with van der Waals surface area (Å²) >= 11 is 0. The number of amides is 1. The van der Waals surface area contributed by atoms with Crippen molar-refractivity contribution in [1.29, 1.82) is 0 Å². The van der Waals surface area contributed by atoms with Crippen LogP contribution in [-0.4, -0.2) is 68.8 Å². The molecule has 0 aliphatic carbocycles. The summed E-state index contributed by atoms with van der Waals surface area (Å²) in [6, 6.07) is 14.0. The second-order valence-corrected chi connectivity index (χ2v) is 11.7. The number of hydrogen-bond donors (Lipinski definition) is 3. The molecule has 0 radical (unpaired) electrons. The number of aromatic nitrogens is 1. The van der Waals surface area contributed by atoms with Crippen LogP contribution >= 0.6 is 0 Å². The average Bonchev–Trinajstić information content (AvgIpc) is 3.31. The van der Waals surface area contributed by atoms with E-state index < -0.39 is 15.9 Å². The number of H-pyrrole nitrogens is 1. The van der Waals surface area contributed by atoms with Gasteiger partial charge < -0.3 is 20.8 Å². The minimum Gasteiger partial charge on any atom is -0.383 e. The molecular weight excluding hydrogens is 476 g/mol. The summed E-state index contributed by atoms with van der Waals surface area (Å²) in [6.45, 7) is 4.24. The van der Waals surface area contributed by atoms with Gasteiger partial charge in [-0.05, 0) is 67.5 Å². The number of methoxy groups -OCH3 is 1. The van der Waals surface area contributed by atoms with Crippen LogP contribution in [0, 0.1) is 0 Å². The van der Waals surface area contributed by atoms with Crippen LogP contribution in [0.1, 0.15) is 48.0 Å². The number of carbonyl (C=O) groups is 1. The highest BCUT2D eigenvalue weighted by Crippen LogP contribution is 2.37. The van der Waals surface area contributed by atoms with Gasteiger partial charge in [0.05, 0.1) is 23.4 Å². The SMILES string of the molecule is COCC(C)NCCCS(=O)(=O)N1CCC(c2c[nH]c3c(C(N)=O)cc(-c4ccccc4)cc23)CC1. The van der Waals surface area contributed by atoms with Crippen molar-refractivity contribution in [2.45, 2.75) is 38.1 Å². The van der Waals surface area contributed by atoms with Crippen molar-refractivity contribution < 1.29 is 17.9 Å². The van der Waals surface area contributed by atoms with Gasteiger partial charge in [-0.1, -0.05) is 30.3 Å². The highest BCUT2D eigenvalue weighted by molar-refractivity contribution is 7.89. The maximum Gasteiger partial charge on any atom is 0.250 e. The molecule has 3 aromatic rings. The van der Waals surface area contributed by atoms with Gasteiger partial charge in [0.2, 0.25) is 10.0 Å². The molecule has 1 amide bonds. The zero-order chi connectivity index (χ0) is 25.7. The highest BCUT2D eigenvalue weighted by Gasteiger charge is 2.30. The molecule has 9 heteroatoms. The van der Waals surface area contributed by atoms with E-state index in [1.165, 1.54) is 0 Å². The van der Waals surface area contributed by atoms with Gasteiger partial charge in [0.25, 0.3) is 5.91 Å². The smallest absolute Gasteiger partial charge is 0.250 e. The summed E-state index contributed by atoms with van der Waals surface area (Å²) in [4.78, 5) is 15.5. The summed E-state index contributed by atoms with van der Waals surface area (Å²) in [6.07, 6.45) is 3.98. The standard InChI is InChI=1S/C27H36N4O4S/c1-19(18-35-2)29-11-6-14-36(33,34)31-12-9-21(10-13-31)25-17-30-26-23(25)15-22(16-24(26)27(28)32)20-7-4-3-5-8-20/h3-5,7-8,15-17,19,21,29-30H,6,9-14,18H2,1-2H3,(H2,28,32). The van der Waals surface area contributed by atoms with Crippen LogP contribution in [0.5, 0.6) is 0 Å². The van der Waals surface area contributed by atoms with E-state index in [0.717, 1.165) is 40.4 Å². The Morgan fingerprint density at radius 2 is 1.92 bits per heavy atom. The number of ether oxygens (including phenoxy) is 1. The van der Waals surface area contributed by atoms with E-state index in [1.54, 1.807) is 11.4 Å². The fraction of sp³-hybridized carbons (Fsp3) is 0.444. The molecule has 36 heavy (non-hydrogen) atoms. The van der Waals surface area contributed by atoms with Crippen molar-refractivity contribution >= 4 is 26.8 Å². The van der Waals surface area contributed by atoms with Gasteiger partial charge in [-0.25, -0.2) is 12.7 Å². The number of sulfonamides is 1. The summed E-state index contributed by atoms with van der Waals surface area (Å²) in [7, 11) is -1.64. The molecule has 1 atom stereocenters. The first-order valence-electron chi connectivity index (χ1n) is 12.5. The van der Waals surface area contributed by atoms with Crippen LogP contribution in [0.3, 0.4) is 0 Å². The predicted molar refractivity (Wildman–Crippen MR) is 144 cm³/mol. The molecule has 1 fully saturated rings. The normalized spacial score (nSPS) is 16.4. The van der Waals surface area contributed by atoms with Crippen molar-refractivity contribution in [2.24, 2.45) is 5.73 Å². The highest BCUT2D eigenvalue weighted by atomic mass is 32.2. The first-order valence-corrected chi connectivity index (χ1v) is 14.1. The number of benzene rings is 2. The lowest BCUT2D eigenvalue weighted by atomic mass is 9.88. The largest absolute Gasteiger partial charge is 0.383 e. The first kappa shape index (κ1) is 26.3. The van der Waals surface area contributed by atoms with Crippen LogP contribution in [0.15, 0.2) is 48.7 Å². The third-order valence-corrected chi connectivity index (χ3v) is 8.93. The first-order chi connectivity index (χ1) is 17.3. The summed E-state index contributed by atoms with van der Waals surface area (Å²) < 4.78 is 32.5. The number of rotatable bonds is 11. The van der Waals surface area contributed by atoms with E-state index in [4.69, 9.17) is 10.5 Å². The molecular formula is C27H36N4O4S. The second kappa shape index (κ2) is 11.6. The maximum atomic E-state index is 12.9. The zero-order valence-corrected chi connectivity index (χ0v) is 21.8. The monoisotopic (exact) mass is 512 g/mol. The van der Waals surface area contributed by atoms with Gasteiger partial charge in [0.1, 0.15) is 0 Å². The van der Waals surface area contributed by atoms with Gasteiger partial charge in [0, 0.05) is 37.8 Å². The molecule has 0 bridgehead atoms. The fourth-order valence-corrected chi connectivity index (χ4v) is 6.60. The molecule has 1 unspecified atom stereocenters. The lowest BCUT2D eigenvalue weighted by Gasteiger charge is -2.31. The van der Waals surface area contributed by atoms with Crippen LogP contribution in [-0.2, 0) is 14.8 Å². The number of fused-ring (bicyclic) bond motifs is 1. The van der Waals surface area contributed by atoms with Gasteiger partial charge in [-0.3, -0.25) is 4.79 Å². The Hall–Kier alpha value is -2.72. The maximum absolute atomic E-state index is 12.9. The molecule has 4 N–H and O–H groups in total. The van der Waals surface area contributed by atoms with Crippen molar-refractivity contribution in [3.63, 3.8) is 0 Å². The quantitative estimate of drug-likeness (QED) is 0.340. The number of aromatic amines is 1. The van der Waals surface area contributed by atoms with Gasteiger partial charge >= 0.3 is 0 Å². The van der Waals surface area contributed by atoms with Crippen LogP contribution < -0.4 is 11.1 Å². The number of hydrogen-bond acceptors (Lipinski definition) is 5. The third-order valence-electron chi connectivity index (χ3n) is 6.97. The van der Waals surface area contributed by atoms with Crippen molar-refractivity contribution in [3.8, 4) is 11.1 Å². The van der Waals surface area contributed by atoms with Crippen molar-refractivity contribution in [3.05, 3.63) is 59.8 Å². The predicted octanol–water partition coefficient (Wildman–Crippen LogP) is 3.46. The Balaban J connectivity index is 1.46. The molecule has 194 valence electrons. The Morgan fingerprint density at radius 1 is 1.19 bits per heavy atom. The van der Waals surface area contributed by atoms with E-state index in [9.17, 15) is 13.2 Å². The summed E-state index contributed by atoms with van der Waals surface area (Å²) in [5.74, 6) is -0.133. The molecule has 1 saturated heterocycles. The molecule has 0 spiro atoms. The Kier molecular flexibility index (Phi) is 8.46. The lowest BCUT2D eigenvalue weighted by Crippen LogP contribution is -2.40. The molecule has 2 aromatic carbocycles. The number of nitrogens with two attached hydrogens (primary N) is 1. The molecule has 1 aromatic heterocycles. The fourth-order valence-electron chi connectivity index (χ4n) is 5.07. The second-order valence-electron chi connectivity index (χ2n) is 9.57. The average molecular weight is 513 g/mol. The Bertz CT molecular complexity index is 1280. The third kappa shape index (κ3) is 5.98. The van der Waals surface area contributed by atoms with Crippen LogP contribution in [0.25, 0.3) is 22.0 Å². The zero-order valence-electron chi connectivity index (χ0n) is 21.0. The number of piperidine rings is 1. The van der Waals surface area contributed by atoms with E-state index in [2.05, 4.69) is 16.4 Å². The molecule has 8 nitrogen and oxygen atoms in total. The lowest BCUT2D eigenvalue weighted by molar-refractivity contribution is 0.100. The summed E-state index contributed by atoms with van der Waals surface area (Å²) in [5.41, 5.74) is 9.98. The molecule has 4 rings (SSSR count). The van der Waals surface area contributed by atoms with Crippen LogP contribution in [0.2, 0.25) is 0 Å². The minimum atomic E-state index is -3.30. The van der Waals surface area contributed by atoms with Crippen molar-refractivity contribution in [2.75, 3.05) is 39.1 Å². The Morgan fingerprint density at radius 3 is 2.58 bits per heavy atom. The topological polar surface area (TPSA) is 118 Å². The van der Waals surface area contributed by atoms with E-state index >= 15 is 0 Å². The van der Waals surface area contributed by atoms with Gasteiger partial charge in [-0.2, -0.15) is 0 Å². The van der Waals surface area contributed by atoms with E-state index in [-0.39, 0.29) is 17.7 Å². The number of primary amides is 1. The minimum absolute atomic E-state index is 0.139. The molecule has 2 heterocycles.